The van der Waals surface area contributed by atoms with Crippen LogP contribution >= 0.6 is 43.2 Å². The smallest absolute Gasteiger partial charge is 0.101 e. The van der Waals surface area contributed by atoms with Crippen molar-refractivity contribution in [3.8, 4) is 0 Å². The summed E-state index contributed by atoms with van der Waals surface area (Å²) in [7, 11) is 0. The minimum absolute atomic E-state index is 0.0998. The molecule has 2 atom stereocenters. The van der Waals surface area contributed by atoms with Gasteiger partial charge in [0, 0.05) is 9.35 Å². The fourth-order valence-corrected chi connectivity index (χ4v) is 4.15. The molecule has 6 heteroatoms. The van der Waals surface area contributed by atoms with E-state index >= 15 is 0 Å². The van der Waals surface area contributed by atoms with Crippen LogP contribution in [-0.2, 0) is 9.47 Å². The van der Waals surface area contributed by atoms with Crippen molar-refractivity contribution in [3.05, 3.63) is 19.2 Å². The fourth-order valence-electron chi connectivity index (χ4n) is 1.93. The van der Waals surface area contributed by atoms with Gasteiger partial charge in [0.05, 0.1) is 29.6 Å². The Bertz CT molecular complexity index is 361. The van der Waals surface area contributed by atoms with Gasteiger partial charge in [-0.25, -0.2) is 0 Å². The van der Waals surface area contributed by atoms with E-state index in [1.165, 1.54) is 4.88 Å². The second kappa shape index (κ2) is 7.36. The van der Waals surface area contributed by atoms with E-state index in [1.807, 2.05) is 0 Å². The molecule has 2 rings (SSSR count). The van der Waals surface area contributed by atoms with E-state index in [0.29, 0.717) is 19.8 Å². The molecule has 1 aliphatic rings. The first-order valence-corrected chi connectivity index (χ1v) is 8.50. The van der Waals surface area contributed by atoms with Crippen LogP contribution in [0, 0.1) is 0 Å². The maximum absolute atomic E-state index is 5.83. The van der Waals surface area contributed by atoms with Crippen molar-refractivity contribution in [1.82, 2.24) is 5.32 Å². The third-order valence-electron chi connectivity index (χ3n) is 2.80. The minimum atomic E-state index is 0.0998. The molecule has 1 saturated heterocycles. The molecule has 0 aromatic carbocycles. The summed E-state index contributed by atoms with van der Waals surface area (Å²) < 4.78 is 13.6. The Labute approximate surface area is 128 Å². The van der Waals surface area contributed by atoms with Gasteiger partial charge in [-0.15, -0.1) is 11.3 Å². The topological polar surface area (TPSA) is 30.5 Å². The van der Waals surface area contributed by atoms with Gasteiger partial charge in [-0.3, -0.25) is 0 Å². The van der Waals surface area contributed by atoms with E-state index in [1.54, 1.807) is 11.3 Å². The Balaban J connectivity index is 2.12. The Hall–Kier alpha value is 0.540. The Morgan fingerprint density at radius 1 is 1.50 bits per heavy atom. The van der Waals surface area contributed by atoms with E-state index < -0.39 is 0 Å². The quantitative estimate of drug-likeness (QED) is 0.819. The highest BCUT2D eigenvalue weighted by atomic mass is 79.9. The number of hydrogen-bond acceptors (Lipinski definition) is 4. The molecule has 1 aromatic rings. The van der Waals surface area contributed by atoms with Crippen LogP contribution in [0.5, 0.6) is 0 Å². The third kappa shape index (κ3) is 3.77. The van der Waals surface area contributed by atoms with Gasteiger partial charge in [0.1, 0.15) is 6.10 Å². The second-order valence-corrected chi connectivity index (χ2v) is 7.44. The number of nitrogens with one attached hydrogen (secondary N) is 1. The molecule has 2 heterocycles. The number of hydrogen-bond donors (Lipinski definition) is 1. The molecule has 1 fully saturated rings. The average molecular weight is 399 g/mol. The summed E-state index contributed by atoms with van der Waals surface area (Å²) in [6, 6.07) is 2.36. The largest absolute Gasteiger partial charge is 0.376 e. The average Bonchev–Trinajstić information content (AvgIpc) is 2.71. The first-order valence-electron chi connectivity index (χ1n) is 6.09. The number of halogens is 2. The molecule has 0 amide bonds. The van der Waals surface area contributed by atoms with Crippen LogP contribution in [0.2, 0.25) is 0 Å². The van der Waals surface area contributed by atoms with E-state index in [2.05, 4.69) is 50.2 Å². The van der Waals surface area contributed by atoms with Crippen molar-refractivity contribution in [3.63, 3.8) is 0 Å². The molecule has 2 unspecified atom stereocenters. The maximum Gasteiger partial charge on any atom is 0.101 e. The van der Waals surface area contributed by atoms with Crippen molar-refractivity contribution < 1.29 is 9.47 Å². The SMILES string of the molecule is CCCNC(c1cc(Br)c(Br)s1)C1COCCO1. The highest BCUT2D eigenvalue weighted by Gasteiger charge is 2.27. The number of ether oxygens (including phenoxy) is 2. The van der Waals surface area contributed by atoms with Crippen molar-refractivity contribution in [2.75, 3.05) is 26.4 Å². The lowest BCUT2D eigenvalue weighted by atomic mass is 10.1. The van der Waals surface area contributed by atoms with Crippen LogP contribution in [-0.4, -0.2) is 32.5 Å². The summed E-state index contributed by atoms with van der Waals surface area (Å²) in [5.41, 5.74) is 0. The predicted octanol–water partition coefficient (Wildman–Crippen LogP) is 3.73. The van der Waals surface area contributed by atoms with Crippen molar-refractivity contribution in [1.29, 1.82) is 0 Å². The zero-order valence-corrected chi connectivity index (χ0v) is 14.2. The fraction of sp³-hybridized carbons (Fsp3) is 0.667. The number of rotatable bonds is 5. The molecule has 0 spiro atoms. The lowest BCUT2D eigenvalue weighted by Crippen LogP contribution is -2.40. The Morgan fingerprint density at radius 2 is 2.33 bits per heavy atom. The standard InChI is InChI=1S/C12H17Br2NO2S/c1-2-3-15-11(9-7-16-4-5-17-9)10-6-8(13)12(14)18-10/h6,9,11,15H,2-5,7H2,1H3. The Morgan fingerprint density at radius 3 is 2.89 bits per heavy atom. The molecular formula is C12H17Br2NO2S. The predicted molar refractivity (Wildman–Crippen MR) is 81.3 cm³/mol. The van der Waals surface area contributed by atoms with Crippen LogP contribution in [0.4, 0.5) is 0 Å². The number of thiophene rings is 1. The molecule has 0 aliphatic carbocycles. The highest BCUT2D eigenvalue weighted by Crippen LogP contribution is 2.37. The van der Waals surface area contributed by atoms with E-state index in [0.717, 1.165) is 21.2 Å². The van der Waals surface area contributed by atoms with Crippen LogP contribution in [0.3, 0.4) is 0 Å². The van der Waals surface area contributed by atoms with Gasteiger partial charge in [0.2, 0.25) is 0 Å². The molecule has 1 N–H and O–H groups in total. The van der Waals surface area contributed by atoms with Gasteiger partial charge in [-0.05, 0) is 50.9 Å². The van der Waals surface area contributed by atoms with Crippen molar-refractivity contribution >= 4 is 43.2 Å². The lowest BCUT2D eigenvalue weighted by Gasteiger charge is -2.30. The molecule has 1 aliphatic heterocycles. The molecule has 18 heavy (non-hydrogen) atoms. The zero-order valence-electron chi connectivity index (χ0n) is 10.2. The third-order valence-corrected chi connectivity index (χ3v) is 6.14. The molecule has 0 bridgehead atoms. The first-order chi connectivity index (χ1) is 8.72. The monoisotopic (exact) mass is 397 g/mol. The van der Waals surface area contributed by atoms with Gasteiger partial charge in [-0.2, -0.15) is 0 Å². The van der Waals surface area contributed by atoms with Crippen molar-refractivity contribution in [2.24, 2.45) is 0 Å². The molecule has 1 aromatic heterocycles. The summed E-state index contributed by atoms with van der Waals surface area (Å²) in [5, 5.41) is 3.56. The van der Waals surface area contributed by atoms with Crippen LogP contribution in [0.15, 0.2) is 14.3 Å². The summed E-state index contributed by atoms with van der Waals surface area (Å²) in [6.45, 7) is 5.20. The van der Waals surface area contributed by atoms with Gasteiger partial charge < -0.3 is 14.8 Å². The minimum Gasteiger partial charge on any atom is -0.376 e. The normalized spacial score (nSPS) is 22.1. The lowest BCUT2D eigenvalue weighted by molar-refractivity contribution is -0.102. The van der Waals surface area contributed by atoms with E-state index in [4.69, 9.17) is 9.47 Å². The molecule has 0 radical (unpaired) electrons. The second-order valence-electron chi connectivity index (χ2n) is 4.19. The summed E-state index contributed by atoms with van der Waals surface area (Å²) in [6.07, 6.45) is 1.21. The van der Waals surface area contributed by atoms with Crippen LogP contribution in [0.1, 0.15) is 24.3 Å². The van der Waals surface area contributed by atoms with Crippen LogP contribution in [0.25, 0.3) is 0 Å². The highest BCUT2D eigenvalue weighted by molar-refractivity contribution is 9.13. The van der Waals surface area contributed by atoms with Gasteiger partial charge in [-0.1, -0.05) is 6.92 Å². The van der Waals surface area contributed by atoms with Gasteiger partial charge >= 0.3 is 0 Å². The maximum atomic E-state index is 5.83. The van der Waals surface area contributed by atoms with Gasteiger partial charge in [0.15, 0.2) is 0 Å². The van der Waals surface area contributed by atoms with Gasteiger partial charge in [0.25, 0.3) is 0 Å². The summed E-state index contributed by atoms with van der Waals surface area (Å²) in [5.74, 6) is 0. The molecule has 102 valence electrons. The molecular weight excluding hydrogens is 382 g/mol. The summed E-state index contributed by atoms with van der Waals surface area (Å²) >= 11 is 8.83. The van der Waals surface area contributed by atoms with E-state index in [9.17, 15) is 0 Å². The van der Waals surface area contributed by atoms with Crippen LogP contribution < -0.4 is 5.32 Å². The van der Waals surface area contributed by atoms with E-state index in [-0.39, 0.29) is 12.1 Å². The summed E-state index contributed by atoms with van der Waals surface area (Å²) in [4.78, 5) is 1.28. The zero-order chi connectivity index (χ0) is 13.0. The molecule has 3 nitrogen and oxygen atoms in total. The first kappa shape index (κ1) is 14.9. The van der Waals surface area contributed by atoms with Crippen molar-refractivity contribution in [2.45, 2.75) is 25.5 Å². The molecule has 0 saturated carbocycles. The Kier molecular flexibility index (Phi) is 6.11.